The van der Waals surface area contributed by atoms with Crippen molar-refractivity contribution in [2.75, 3.05) is 31.8 Å². The van der Waals surface area contributed by atoms with Crippen LogP contribution >= 0.6 is 11.8 Å². The van der Waals surface area contributed by atoms with Crippen LogP contribution in [0.5, 0.6) is 5.75 Å². The fourth-order valence-corrected chi connectivity index (χ4v) is 3.45. The number of thioether (sulfide) groups is 1. The van der Waals surface area contributed by atoms with Crippen LogP contribution in [0.25, 0.3) is 0 Å². The summed E-state index contributed by atoms with van der Waals surface area (Å²) < 4.78 is 5.43. The maximum Gasteiger partial charge on any atom is 0.122 e. The second-order valence-corrected chi connectivity index (χ2v) is 6.48. The molecular weight excluding hydrogens is 270 g/mol. The van der Waals surface area contributed by atoms with Gasteiger partial charge in [0.25, 0.3) is 0 Å². The summed E-state index contributed by atoms with van der Waals surface area (Å²) in [5, 5.41) is 12.3. The molecule has 0 aliphatic heterocycles. The summed E-state index contributed by atoms with van der Waals surface area (Å²) in [5.41, 5.74) is 1.35. The predicted molar refractivity (Wildman–Crippen MR) is 85.8 cm³/mol. The zero-order valence-electron chi connectivity index (χ0n) is 12.2. The molecule has 1 aromatic carbocycles. The van der Waals surface area contributed by atoms with Gasteiger partial charge in [-0.25, -0.2) is 0 Å². The highest BCUT2D eigenvalue weighted by Gasteiger charge is 2.31. The average Bonchev–Trinajstić information content (AvgIpc) is 2.44. The van der Waals surface area contributed by atoms with Crippen molar-refractivity contribution in [2.24, 2.45) is 0 Å². The van der Waals surface area contributed by atoms with E-state index in [-0.39, 0.29) is 0 Å². The molecule has 1 aromatic rings. The topological polar surface area (TPSA) is 41.5 Å². The molecule has 0 atom stereocenters. The molecule has 0 unspecified atom stereocenters. The van der Waals surface area contributed by atoms with Gasteiger partial charge >= 0.3 is 0 Å². The van der Waals surface area contributed by atoms with Crippen molar-refractivity contribution in [3.63, 3.8) is 0 Å². The number of aliphatic hydroxyl groups excluding tert-OH is 1. The van der Waals surface area contributed by atoms with Gasteiger partial charge in [0.2, 0.25) is 0 Å². The first kappa shape index (κ1) is 15.7. The maximum absolute atomic E-state index is 8.70. The van der Waals surface area contributed by atoms with Crippen LogP contribution in [0.1, 0.15) is 30.7 Å². The van der Waals surface area contributed by atoms with Gasteiger partial charge in [-0.2, -0.15) is 11.8 Å². The highest BCUT2D eigenvalue weighted by Crippen LogP contribution is 2.40. The zero-order valence-corrected chi connectivity index (χ0v) is 13.0. The monoisotopic (exact) mass is 295 g/mol. The number of ether oxygens (including phenoxy) is 1. The Bertz CT molecular complexity index is 394. The lowest BCUT2D eigenvalue weighted by Gasteiger charge is -2.37. The number of hydrogen-bond acceptors (Lipinski definition) is 4. The van der Waals surface area contributed by atoms with Crippen molar-refractivity contribution in [3.05, 3.63) is 29.8 Å². The maximum atomic E-state index is 8.70. The second kappa shape index (κ2) is 8.55. The van der Waals surface area contributed by atoms with E-state index in [0.29, 0.717) is 18.6 Å². The van der Waals surface area contributed by atoms with Gasteiger partial charge in [0, 0.05) is 24.9 Å². The van der Waals surface area contributed by atoms with E-state index in [9.17, 15) is 0 Å². The van der Waals surface area contributed by atoms with Crippen molar-refractivity contribution >= 4 is 11.8 Å². The Morgan fingerprint density at radius 2 is 2.10 bits per heavy atom. The molecule has 0 heterocycles. The summed E-state index contributed by atoms with van der Waals surface area (Å²) in [6.45, 7) is 1.38. The molecule has 0 saturated heterocycles. The summed E-state index contributed by atoms with van der Waals surface area (Å²) in [6.07, 6.45) is 3.33. The minimum absolute atomic E-state index is 0.309. The van der Waals surface area contributed by atoms with E-state index in [1.54, 1.807) is 7.11 Å². The van der Waals surface area contributed by atoms with Gasteiger partial charge in [0.15, 0.2) is 0 Å². The minimum atomic E-state index is 0.309. The Hall–Kier alpha value is -0.710. The first-order chi connectivity index (χ1) is 9.85. The Morgan fingerprint density at radius 3 is 2.85 bits per heavy atom. The quantitative estimate of drug-likeness (QED) is 0.687. The highest BCUT2D eigenvalue weighted by molar-refractivity contribution is 7.99. The van der Waals surface area contributed by atoms with Crippen LogP contribution in [0.3, 0.4) is 0 Å². The summed E-state index contributed by atoms with van der Waals surface area (Å²) in [6, 6.07) is 9.01. The van der Waals surface area contributed by atoms with Gasteiger partial charge in [0.05, 0.1) is 7.11 Å². The Morgan fingerprint density at radius 1 is 1.30 bits per heavy atom. The molecule has 2 rings (SSSR count). The normalized spacial score (nSPS) is 21.5. The Labute approximate surface area is 126 Å². The molecule has 112 valence electrons. The van der Waals surface area contributed by atoms with E-state index >= 15 is 0 Å². The average molecular weight is 295 g/mol. The van der Waals surface area contributed by atoms with E-state index < -0.39 is 0 Å². The number of para-hydroxylation sites is 1. The molecule has 1 saturated carbocycles. The fourth-order valence-electron chi connectivity index (χ4n) is 2.65. The number of rotatable bonds is 9. The molecule has 3 nitrogen and oxygen atoms in total. The van der Waals surface area contributed by atoms with Crippen molar-refractivity contribution in [1.29, 1.82) is 0 Å². The van der Waals surface area contributed by atoms with Crippen LogP contribution < -0.4 is 10.1 Å². The molecule has 1 fully saturated rings. The second-order valence-electron chi connectivity index (χ2n) is 5.25. The van der Waals surface area contributed by atoms with Crippen LogP contribution in [0, 0.1) is 0 Å². The van der Waals surface area contributed by atoms with E-state index in [2.05, 4.69) is 17.4 Å². The molecule has 0 radical (unpaired) electrons. The van der Waals surface area contributed by atoms with Crippen molar-refractivity contribution < 1.29 is 9.84 Å². The fraction of sp³-hybridized carbons (Fsp3) is 0.625. The number of benzene rings is 1. The predicted octanol–water partition coefficient (Wildman–Crippen LogP) is 2.65. The minimum Gasteiger partial charge on any atom is -0.496 e. The number of aliphatic hydroxyl groups is 1. The molecule has 0 amide bonds. The van der Waals surface area contributed by atoms with Gasteiger partial charge in [-0.05, 0) is 42.6 Å². The van der Waals surface area contributed by atoms with Crippen molar-refractivity contribution in [3.8, 4) is 5.75 Å². The van der Waals surface area contributed by atoms with E-state index in [1.807, 2.05) is 23.9 Å². The summed E-state index contributed by atoms with van der Waals surface area (Å²) >= 11 is 1.92. The van der Waals surface area contributed by atoms with Crippen molar-refractivity contribution in [1.82, 2.24) is 5.32 Å². The van der Waals surface area contributed by atoms with Crippen LogP contribution in [-0.2, 0) is 0 Å². The molecule has 0 bridgehead atoms. The third kappa shape index (κ3) is 4.40. The van der Waals surface area contributed by atoms with E-state index in [0.717, 1.165) is 30.2 Å². The van der Waals surface area contributed by atoms with Gasteiger partial charge in [-0.3, -0.25) is 0 Å². The Balaban J connectivity index is 1.62. The first-order valence-electron chi connectivity index (χ1n) is 7.40. The molecule has 4 heteroatoms. The molecule has 20 heavy (non-hydrogen) atoms. The van der Waals surface area contributed by atoms with Gasteiger partial charge in [-0.15, -0.1) is 0 Å². The largest absolute Gasteiger partial charge is 0.496 e. The smallest absolute Gasteiger partial charge is 0.122 e. The van der Waals surface area contributed by atoms with Gasteiger partial charge in [0.1, 0.15) is 5.75 Å². The van der Waals surface area contributed by atoms with E-state index in [1.165, 1.54) is 18.4 Å². The number of methoxy groups -OCH3 is 1. The summed E-state index contributed by atoms with van der Waals surface area (Å²) in [7, 11) is 1.75. The SMILES string of the molecule is COc1ccccc1C1CC(NCCSCCCO)C1. The molecule has 1 aliphatic carbocycles. The zero-order chi connectivity index (χ0) is 14.2. The summed E-state index contributed by atoms with van der Waals surface area (Å²) in [5.74, 6) is 3.86. The highest BCUT2D eigenvalue weighted by atomic mass is 32.2. The first-order valence-corrected chi connectivity index (χ1v) is 8.55. The lowest BCUT2D eigenvalue weighted by atomic mass is 9.75. The standard InChI is InChI=1S/C16H25NO2S/c1-19-16-6-3-2-5-15(16)13-11-14(12-13)17-7-10-20-9-4-8-18/h2-3,5-6,13-14,17-18H,4,7-12H2,1H3. The van der Waals surface area contributed by atoms with Crippen LogP contribution in [0.2, 0.25) is 0 Å². The Kier molecular flexibility index (Phi) is 6.70. The van der Waals surface area contributed by atoms with Crippen LogP contribution in [-0.4, -0.2) is 42.9 Å². The molecular formula is C16H25NO2S. The third-order valence-electron chi connectivity index (χ3n) is 3.84. The third-order valence-corrected chi connectivity index (χ3v) is 4.91. The van der Waals surface area contributed by atoms with Gasteiger partial charge in [-0.1, -0.05) is 18.2 Å². The molecule has 0 spiro atoms. The summed E-state index contributed by atoms with van der Waals surface area (Å²) in [4.78, 5) is 0. The lowest BCUT2D eigenvalue weighted by Crippen LogP contribution is -2.41. The molecule has 0 aromatic heterocycles. The molecule has 2 N–H and O–H groups in total. The van der Waals surface area contributed by atoms with Crippen LogP contribution in [0.4, 0.5) is 0 Å². The van der Waals surface area contributed by atoms with Gasteiger partial charge < -0.3 is 15.2 Å². The van der Waals surface area contributed by atoms with Crippen molar-refractivity contribution in [2.45, 2.75) is 31.2 Å². The number of nitrogens with one attached hydrogen (secondary N) is 1. The number of hydrogen-bond donors (Lipinski definition) is 2. The van der Waals surface area contributed by atoms with Crippen LogP contribution in [0.15, 0.2) is 24.3 Å². The lowest BCUT2D eigenvalue weighted by molar-refractivity contribution is 0.288. The van der Waals surface area contributed by atoms with E-state index in [4.69, 9.17) is 9.84 Å². The molecule has 1 aliphatic rings.